The molecule has 1 rings (SSSR count). The van der Waals surface area contributed by atoms with Crippen molar-refractivity contribution in [3.63, 3.8) is 0 Å². The molecule has 0 aliphatic heterocycles. The van der Waals surface area contributed by atoms with Crippen LogP contribution >= 0.6 is 46.4 Å². The standard InChI is InChI=1S/C15H17Cl4F3N2O/c1-2-3-4-5-12(25)24-13(14(17,18)19)23-11-8-9(15(20,21)22)6-7-10(11)16/h6-8,13,23H,2-5H2,1H3,(H,24,25)/t13-/m1/s1. The predicted octanol–water partition coefficient (Wildman–Crippen LogP) is 6.16. The zero-order valence-corrected chi connectivity index (χ0v) is 16.2. The maximum absolute atomic E-state index is 12.8. The first-order valence-corrected chi connectivity index (χ1v) is 8.95. The number of unbranched alkanes of at least 4 members (excludes halogenated alkanes) is 2. The molecule has 0 saturated carbocycles. The largest absolute Gasteiger partial charge is 0.416 e. The molecule has 0 bridgehead atoms. The highest BCUT2D eigenvalue weighted by atomic mass is 35.6. The number of hydrogen-bond acceptors (Lipinski definition) is 2. The van der Waals surface area contributed by atoms with Gasteiger partial charge in [0.2, 0.25) is 9.70 Å². The van der Waals surface area contributed by atoms with Gasteiger partial charge in [0, 0.05) is 6.42 Å². The molecule has 25 heavy (non-hydrogen) atoms. The van der Waals surface area contributed by atoms with Crippen molar-refractivity contribution < 1.29 is 18.0 Å². The number of hydrogen-bond donors (Lipinski definition) is 2. The molecule has 0 radical (unpaired) electrons. The molecule has 0 aliphatic rings. The van der Waals surface area contributed by atoms with Crippen LogP contribution in [0.1, 0.15) is 38.2 Å². The Hall–Kier alpha value is -0.560. The molecule has 2 N–H and O–H groups in total. The number of benzene rings is 1. The molecule has 1 amide bonds. The number of halogens is 7. The van der Waals surface area contributed by atoms with E-state index in [9.17, 15) is 18.0 Å². The van der Waals surface area contributed by atoms with Crippen molar-refractivity contribution in [1.82, 2.24) is 5.32 Å². The number of anilines is 1. The maximum atomic E-state index is 12.8. The van der Waals surface area contributed by atoms with Crippen molar-refractivity contribution in [1.29, 1.82) is 0 Å². The Balaban J connectivity index is 2.94. The van der Waals surface area contributed by atoms with Gasteiger partial charge in [0.05, 0.1) is 16.3 Å². The molecule has 1 aromatic rings. The highest BCUT2D eigenvalue weighted by molar-refractivity contribution is 6.68. The SMILES string of the molecule is CCCCCC(=O)N[C@@H](Nc1cc(C(F)(F)F)ccc1Cl)C(Cl)(Cl)Cl. The normalized spacial score (nSPS) is 13.4. The number of rotatable bonds is 7. The van der Waals surface area contributed by atoms with Gasteiger partial charge in [0.25, 0.3) is 0 Å². The summed E-state index contributed by atoms with van der Waals surface area (Å²) >= 11 is 23.4. The van der Waals surface area contributed by atoms with Crippen LogP contribution in [0.15, 0.2) is 18.2 Å². The molecular weight excluding hydrogens is 423 g/mol. The monoisotopic (exact) mass is 438 g/mol. The lowest BCUT2D eigenvalue weighted by Gasteiger charge is -2.28. The Morgan fingerprint density at radius 2 is 1.84 bits per heavy atom. The van der Waals surface area contributed by atoms with Crippen LogP contribution < -0.4 is 10.6 Å². The minimum Gasteiger partial charge on any atom is -0.361 e. The number of nitrogens with one attached hydrogen (secondary N) is 2. The minimum atomic E-state index is -4.56. The van der Waals surface area contributed by atoms with Gasteiger partial charge in [-0.15, -0.1) is 0 Å². The van der Waals surface area contributed by atoms with Crippen molar-refractivity contribution in [2.24, 2.45) is 0 Å². The highest BCUT2D eigenvalue weighted by Crippen LogP contribution is 2.36. The molecule has 0 saturated heterocycles. The van der Waals surface area contributed by atoms with Gasteiger partial charge in [-0.1, -0.05) is 66.2 Å². The molecule has 0 heterocycles. The van der Waals surface area contributed by atoms with Gasteiger partial charge in [-0.3, -0.25) is 4.79 Å². The lowest BCUT2D eigenvalue weighted by atomic mass is 10.2. The summed E-state index contributed by atoms with van der Waals surface area (Å²) in [4.78, 5) is 11.9. The van der Waals surface area contributed by atoms with Crippen molar-refractivity contribution in [3.8, 4) is 0 Å². The summed E-state index contributed by atoms with van der Waals surface area (Å²) in [5.41, 5.74) is -1.03. The summed E-state index contributed by atoms with van der Waals surface area (Å²) in [6.45, 7) is 1.99. The van der Waals surface area contributed by atoms with Gasteiger partial charge in [0.15, 0.2) is 0 Å². The van der Waals surface area contributed by atoms with Crippen LogP contribution in [0, 0.1) is 0 Å². The Bertz CT molecular complexity index is 591. The second-order valence-electron chi connectivity index (χ2n) is 5.34. The van der Waals surface area contributed by atoms with Crippen molar-refractivity contribution >= 4 is 58.0 Å². The van der Waals surface area contributed by atoms with E-state index in [1.807, 2.05) is 6.92 Å². The molecule has 1 aromatic carbocycles. The fourth-order valence-corrected chi connectivity index (χ4v) is 2.44. The van der Waals surface area contributed by atoms with E-state index in [4.69, 9.17) is 46.4 Å². The zero-order chi connectivity index (χ0) is 19.3. The van der Waals surface area contributed by atoms with E-state index in [1.165, 1.54) is 0 Å². The van der Waals surface area contributed by atoms with Crippen LogP contribution in [-0.4, -0.2) is 15.9 Å². The van der Waals surface area contributed by atoms with Gasteiger partial charge in [-0.05, 0) is 24.6 Å². The van der Waals surface area contributed by atoms with E-state index in [2.05, 4.69) is 10.6 Å². The molecular formula is C15H17Cl4F3N2O. The molecule has 1 atom stereocenters. The fraction of sp³-hybridized carbons (Fsp3) is 0.533. The van der Waals surface area contributed by atoms with Gasteiger partial charge in [-0.2, -0.15) is 13.2 Å². The van der Waals surface area contributed by atoms with Crippen molar-refractivity contribution in [2.75, 3.05) is 5.32 Å². The van der Waals surface area contributed by atoms with E-state index in [0.29, 0.717) is 6.42 Å². The van der Waals surface area contributed by atoms with Crippen LogP contribution in [0.4, 0.5) is 18.9 Å². The van der Waals surface area contributed by atoms with Crippen LogP contribution in [0.3, 0.4) is 0 Å². The highest BCUT2D eigenvalue weighted by Gasteiger charge is 2.35. The molecule has 3 nitrogen and oxygen atoms in total. The van der Waals surface area contributed by atoms with Crippen LogP contribution in [-0.2, 0) is 11.0 Å². The summed E-state index contributed by atoms with van der Waals surface area (Å²) in [5.74, 6) is -0.389. The first-order valence-electron chi connectivity index (χ1n) is 7.44. The molecule has 0 aliphatic carbocycles. The quantitative estimate of drug-likeness (QED) is 0.303. The lowest BCUT2D eigenvalue weighted by molar-refractivity contribution is -0.137. The third-order valence-corrected chi connectivity index (χ3v) is 4.22. The second kappa shape index (κ2) is 9.40. The van der Waals surface area contributed by atoms with Crippen LogP contribution in [0.5, 0.6) is 0 Å². The van der Waals surface area contributed by atoms with E-state index < -0.39 is 21.7 Å². The molecule has 142 valence electrons. The maximum Gasteiger partial charge on any atom is 0.416 e. The number of alkyl halides is 6. The van der Waals surface area contributed by atoms with Gasteiger partial charge < -0.3 is 10.6 Å². The summed E-state index contributed by atoms with van der Waals surface area (Å²) in [7, 11) is 0. The van der Waals surface area contributed by atoms with Gasteiger partial charge in [-0.25, -0.2) is 0 Å². The molecule has 0 aromatic heterocycles. The average molecular weight is 440 g/mol. The first kappa shape index (κ1) is 22.5. The van der Waals surface area contributed by atoms with E-state index in [-0.39, 0.29) is 23.0 Å². The average Bonchev–Trinajstić information content (AvgIpc) is 2.46. The fourth-order valence-electron chi connectivity index (χ4n) is 1.94. The lowest BCUT2D eigenvalue weighted by Crippen LogP contribution is -2.49. The van der Waals surface area contributed by atoms with Gasteiger partial charge in [0.1, 0.15) is 6.17 Å². The molecule has 10 heteroatoms. The van der Waals surface area contributed by atoms with E-state index >= 15 is 0 Å². The number of carbonyl (C=O) groups is 1. The van der Waals surface area contributed by atoms with Crippen LogP contribution in [0.25, 0.3) is 0 Å². The minimum absolute atomic E-state index is 0.00696. The summed E-state index contributed by atoms with van der Waals surface area (Å²) in [6, 6.07) is 2.70. The second-order valence-corrected chi connectivity index (χ2v) is 8.11. The Morgan fingerprint density at radius 3 is 2.36 bits per heavy atom. The Labute approximate surface area is 164 Å². The third-order valence-electron chi connectivity index (χ3n) is 3.23. The predicted molar refractivity (Wildman–Crippen MR) is 96.4 cm³/mol. The summed E-state index contributed by atoms with van der Waals surface area (Å²) in [6.07, 6.45) is -3.16. The molecule has 0 unspecified atom stereocenters. The Kier molecular flexibility index (Phi) is 8.45. The van der Waals surface area contributed by atoms with E-state index in [1.54, 1.807) is 0 Å². The Morgan fingerprint density at radius 1 is 1.20 bits per heavy atom. The van der Waals surface area contributed by atoms with Crippen molar-refractivity contribution in [2.45, 2.75) is 48.7 Å². The number of amides is 1. The van der Waals surface area contributed by atoms with E-state index in [0.717, 1.165) is 31.0 Å². The smallest absolute Gasteiger partial charge is 0.361 e. The van der Waals surface area contributed by atoms with Crippen molar-refractivity contribution in [3.05, 3.63) is 28.8 Å². The topological polar surface area (TPSA) is 41.1 Å². The molecule has 0 spiro atoms. The molecule has 0 fully saturated rings. The zero-order valence-electron chi connectivity index (χ0n) is 13.2. The number of carbonyl (C=O) groups excluding carboxylic acids is 1. The van der Waals surface area contributed by atoms with Crippen LogP contribution in [0.2, 0.25) is 5.02 Å². The van der Waals surface area contributed by atoms with Gasteiger partial charge >= 0.3 is 6.18 Å². The first-order chi connectivity index (χ1) is 11.4. The third kappa shape index (κ3) is 7.69. The summed E-state index contributed by atoms with van der Waals surface area (Å²) in [5, 5.41) is 5.02. The summed E-state index contributed by atoms with van der Waals surface area (Å²) < 4.78 is 36.5.